The highest BCUT2D eigenvalue weighted by molar-refractivity contribution is 6.33. The van der Waals surface area contributed by atoms with E-state index in [-0.39, 0.29) is 11.8 Å². The third kappa shape index (κ3) is 6.21. The Kier molecular flexibility index (Phi) is 8.16. The summed E-state index contributed by atoms with van der Waals surface area (Å²) in [5, 5.41) is 3.23. The van der Waals surface area contributed by atoms with Crippen LogP contribution in [-0.2, 0) is 4.79 Å². The van der Waals surface area contributed by atoms with E-state index in [0.29, 0.717) is 29.5 Å². The Balaban J connectivity index is 1.34. The molecule has 0 spiro atoms. The molecule has 0 saturated carbocycles. The lowest BCUT2D eigenvalue weighted by molar-refractivity contribution is -0.132. The van der Waals surface area contributed by atoms with Crippen LogP contribution in [0.2, 0.25) is 5.02 Å². The Labute approximate surface area is 173 Å². The number of amides is 2. The van der Waals surface area contributed by atoms with Crippen molar-refractivity contribution >= 4 is 23.4 Å². The van der Waals surface area contributed by atoms with Crippen LogP contribution in [0.3, 0.4) is 0 Å². The molecule has 1 N–H and O–H groups in total. The zero-order valence-corrected chi connectivity index (χ0v) is 17.4. The monoisotopic (exact) mass is 405 g/mol. The summed E-state index contributed by atoms with van der Waals surface area (Å²) in [4.78, 5) is 29.2. The lowest BCUT2D eigenvalue weighted by atomic mass is 9.96. The average Bonchev–Trinajstić information content (AvgIpc) is 2.97. The molecule has 154 valence electrons. The topological polar surface area (TPSA) is 52.7 Å². The fourth-order valence-electron chi connectivity index (χ4n) is 4.23. The minimum atomic E-state index is -0.227. The predicted molar refractivity (Wildman–Crippen MR) is 113 cm³/mol. The Morgan fingerprint density at radius 2 is 1.68 bits per heavy atom. The first kappa shape index (κ1) is 21.1. The standard InChI is InChI=1S/C22H32ClN3O2/c23-20-8-4-3-7-19(20)22(28)24-12-9-21(27)26-15-10-18(11-16-26)17-25-13-5-1-2-6-14-25/h3-4,7-8,18H,1-2,5-6,9-17H2,(H,24,28). The normalized spacial score (nSPS) is 19.2. The smallest absolute Gasteiger partial charge is 0.252 e. The predicted octanol–water partition coefficient (Wildman–Crippen LogP) is 3.57. The molecule has 2 fully saturated rings. The van der Waals surface area contributed by atoms with Crippen LogP contribution in [0.4, 0.5) is 0 Å². The van der Waals surface area contributed by atoms with Crippen LogP contribution in [0.5, 0.6) is 0 Å². The third-order valence-electron chi connectivity index (χ3n) is 5.93. The molecule has 0 atom stereocenters. The number of nitrogens with zero attached hydrogens (tertiary/aromatic N) is 2. The summed E-state index contributed by atoms with van der Waals surface area (Å²) in [7, 11) is 0. The molecular formula is C22H32ClN3O2. The van der Waals surface area contributed by atoms with Gasteiger partial charge < -0.3 is 15.1 Å². The summed E-state index contributed by atoms with van der Waals surface area (Å²) < 4.78 is 0. The molecule has 0 unspecified atom stereocenters. The van der Waals surface area contributed by atoms with Gasteiger partial charge in [0.25, 0.3) is 5.91 Å². The number of hydrogen-bond acceptors (Lipinski definition) is 3. The molecule has 2 heterocycles. The fourth-order valence-corrected chi connectivity index (χ4v) is 4.45. The van der Waals surface area contributed by atoms with Crippen LogP contribution >= 0.6 is 11.6 Å². The van der Waals surface area contributed by atoms with Gasteiger partial charge in [-0.25, -0.2) is 0 Å². The van der Waals surface area contributed by atoms with Gasteiger partial charge in [0.05, 0.1) is 10.6 Å². The second kappa shape index (κ2) is 10.8. The average molecular weight is 406 g/mol. The fraction of sp³-hybridized carbons (Fsp3) is 0.636. The van der Waals surface area contributed by atoms with E-state index in [0.717, 1.165) is 25.9 Å². The van der Waals surface area contributed by atoms with Crippen molar-refractivity contribution in [2.45, 2.75) is 44.9 Å². The zero-order chi connectivity index (χ0) is 19.8. The van der Waals surface area contributed by atoms with Crippen molar-refractivity contribution in [2.75, 3.05) is 39.3 Å². The highest BCUT2D eigenvalue weighted by atomic mass is 35.5. The first-order valence-corrected chi connectivity index (χ1v) is 11.0. The number of hydrogen-bond donors (Lipinski definition) is 1. The van der Waals surface area contributed by atoms with Gasteiger partial charge in [0, 0.05) is 32.6 Å². The summed E-state index contributed by atoms with van der Waals surface area (Å²) >= 11 is 6.04. The van der Waals surface area contributed by atoms with E-state index in [9.17, 15) is 9.59 Å². The zero-order valence-electron chi connectivity index (χ0n) is 16.7. The highest BCUT2D eigenvalue weighted by Gasteiger charge is 2.24. The van der Waals surface area contributed by atoms with Gasteiger partial charge in [-0.05, 0) is 56.8 Å². The maximum atomic E-state index is 12.5. The number of halogens is 1. The second-order valence-electron chi connectivity index (χ2n) is 8.02. The van der Waals surface area contributed by atoms with Crippen molar-refractivity contribution < 1.29 is 9.59 Å². The quantitative estimate of drug-likeness (QED) is 0.787. The molecule has 1 aromatic rings. The van der Waals surface area contributed by atoms with Crippen LogP contribution in [0.25, 0.3) is 0 Å². The van der Waals surface area contributed by atoms with Crippen molar-refractivity contribution in [3.8, 4) is 0 Å². The van der Waals surface area contributed by atoms with Gasteiger partial charge in [-0.15, -0.1) is 0 Å². The molecular weight excluding hydrogens is 374 g/mol. The van der Waals surface area contributed by atoms with Crippen LogP contribution in [0, 0.1) is 5.92 Å². The summed E-state index contributed by atoms with van der Waals surface area (Å²) in [5.74, 6) is 0.615. The van der Waals surface area contributed by atoms with E-state index in [1.54, 1.807) is 24.3 Å². The maximum absolute atomic E-state index is 12.5. The number of carbonyl (C=O) groups is 2. The van der Waals surface area contributed by atoms with Crippen LogP contribution < -0.4 is 5.32 Å². The van der Waals surface area contributed by atoms with E-state index < -0.39 is 0 Å². The number of benzene rings is 1. The number of carbonyl (C=O) groups excluding carboxylic acids is 2. The first-order chi connectivity index (χ1) is 13.6. The van der Waals surface area contributed by atoms with Gasteiger partial charge in [-0.2, -0.15) is 0 Å². The van der Waals surface area contributed by atoms with E-state index in [2.05, 4.69) is 10.2 Å². The third-order valence-corrected chi connectivity index (χ3v) is 6.25. The summed E-state index contributed by atoms with van der Waals surface area (Å²) in [6.07, 6.45) is 7.93. The molecule has 0 bridgehead atoms. The lowest BCUT2D eigenvalue weighted by Gasteiger charge is -2.34. The molecule has 6 heteroatoms. The molecule has 2 aliphatic heterocycles. The molecule has 0 radical (unpaired) electrons. The highest BCUT2D eigenvalue weighted by Crippen LogP contribution is 2.21. The number of likely N-dealkylation sites (tertiary alicyclic amines) is 2. The minimum Gasteiger partial charge on any atom is -0.351 e. The molecule has 2 saturated heterocycles. The van der Waals surface area contributed by atoms with Crippen molar-refractivity contribution in [3.63, 3.8) is 0 Å². The summed E-state index contributed by atoms with van der Waals surface area (Å²) in [5.41, 5.74) is 0.450. The van der Waals surface area contributed by atoms with Gasteiger partial charge in [0.2, 0.25) is 5.91 Å². The van der Waals surface area contributed by atoms with Gasteiger partial charge in [-0.1, -0.05) is 36.6 Å². The Morgan fingerprint density at radius 3 is 2.36 bits per heavy atom. The van der Waals surface area contributed by atoms with E-state index >= 15 is 0 Å². The molecule has 0 aromatic heterocycles. The van der Waals surface area contributed by atoms with Crippen LogP contribution in [-0.4, -0.2) is 60.9 Å². The second-order valence-corrected chi connectivity index (χ2v) is 8.43. The number of piperidine rings is 1. The van der Waals surface area contributed by atoms with E-state index in [4.69, 9.17) is 11.6 Å². The molecule has 1 aromatic carbocycles. The largest absolute Gasteiger partial charge is 0.351 e. The minimum absolute atomic E-state index is 0.132. The van der Waals surface area contributed by atoms with Gasteiger partial charge in [0.15, 0.2) is 0 Å². The molecule has 2 aliphatic rings. The lowest BCUT2D eigenvalue weighted by Crippen LogP contribution is -2.42. The van der Waals surface area contributed by atoms with Gasteiger partial charge >= 0.3 is 0 Å². The van der Waals surface area contributed by atoms with E-state index in [1.807, 2.05) is 4.90 Å². The van der Waals surface area contributed by atoms with E-state index in [1.165, 1.54) is 45.3 Å². The molecule has 3 rings (SSSR count). The first-order valence-electron chi connectivity index (χ1n) is 10.7. The Morgan fingerprint density at radius 1 is 1.00 bits per heavy atom. The number of rotatable bonds is 6. The Bertz CT molecular complexity index is 651. The van der Waals surface area contributed by atoms with Crippen molar-refractivity contribution in [1.29, 1.82) is 0 Å². The summed E-state index contributed by atoms with van der Waals surface area (Å²) in [6.45, 7) is 5.70. The van der Waals surface area contributed by atoms with Crippen molar-refractivity contribution in [1.82, 2.24) is 15.1 Å². The van der Waals surface area contributed by atoms with Gasteiger partial charge in [0.1, 0.15) is 0 Å². The number of nitrogens with one attached hydrogen (secondary N) is 1. The van der Waals surface area contributed by atoms with Crippen molar-refractivity contribution in [2.24, 2.45) is 5.92 Å². The Hall–Kier alpha value is -1.59. The van der Waals surface area contributed by atoms with Crippen LogP contribution in [0.1, 0.15) is 55.3 Å². The van der Waals surface area contributed by atoms with Crippen LogP contribution in [0.15, 0.2) is 24.3 Å². The molecule has 28 heavy (non-hydrogen) atoms. The van der Waals surface area contributed by atoms with Crippen molar-refractivity contribution in [3.05, 3.63) is 34.9 Å². The molecule has 5 nitrogen and oxygen atoms in total. The molecule has 0 aliphatic carbocycles. The van der Waals surface area contributed by atoms with Gasteiger partial charge in [-0.3, -0.25) is 9.59 Å². The maximum Gasteiger partial charge on any atom is 0.252 e. The molecule has 2 amide bonds. The summed E-state index contributed by atoms with van der Waals surface area (Å²) in [6, 6.07) is 6.95. The SMILES string of the molecule is O=C(NCCC(=O)N1CCC(CN2CCCCCC2)CC1)c1ccccc1Cl.